The minimum absolute atomic E-state index is 0.0230. The third-order valence-electron chi connectivity index (χ3n) is 7.93. The summed E-state index contributed by atoms with van der Waals surface area (Å²) in [6.07, 6.45) is 9.23. The zero-order chi connectivity index (χ0) is 28.1. The smallest absolute Gasteiger partial charge is 0.240 e. The van der Waals surface area contributed by atoms with Crippen LogP contribution in [0.2, 0.25) is 0 Å². The molecule has 0 aliphatic carbocycles. The monoisotopic (exact) mass is 521 g/mol. The number of hydrogen-bond acceptors (Lipinski definition) is 5. The third kappa shape index (κ3) is 9.56. The lowest BCUT2D eigenvalue weighted by molar-refractivity contribution is -0.143. The zero-order valence-electron chi connectivity index (χ0n) is 24.3. The van der Waals surface area contributed by atoms with Crippen molar-refractivity contribution in [1.29, 1.82) is 0 Å². The Morgan fingerprint density at radius 2 is 1.78 bits per heavy atom. The summed E-state index contributed by atoms with van der Waals surface area (Å²) in [6.45, 7) is 12.8. The SMILES string of the molecule is C/C=C\C(=C/CC)C[C@H](NC(=O)C(C)C(OC)C1CCCN1C(=O)CC(OC)[C@@H](C)C(C)CC)C(N)=O. The molecule has 3 N–H and O–H groups in total. The topological polar surface area (TPSA) is 111 Å². The summed E-state index contributed by atoms with van der Waals surface area (Å²) in [5.41, 5.74) is 6.57. The van der Waals surface area contributed by atoms with Crippen LogP contribution in [0.4, 0.5) is 0 Å². The highest BCUT2D eigenvalue weighted by molar-refractivity contribution is 5.88. The first-order valence-electron chi connectivity index (χ1n) is 13.8. The molecule has 0 radical (unpaired) electrons. The Labute approximate surface area is 224 Å². The summed E-state index contributed by atoms with van der Waals surface area (Å²) in [5, 5.41) is 2.83. The van der Waals surface area contributed by atoms with Crippen LogP contribution in [0.5, 0.6) is 0 Å². The van der Waals surface area contributed by atoms with Crippen molar-refractivity contribution < 1.29 is 23.9 Å². The van der Waals surface area contributed by atoms with Gasteiger partial charge >= 0.3 is 0 Å². The van der Waals surface area contributed by atoms with E-state index in [0.29, 0.717) is 25.3 Å². The average Bonchev–Trinajstić information content (AvgIpc) is 3.35. The molecule has 1 saturated heterocycles. The van der Waals surface area contributed by atoms with Crippen LogP contribution in [0.15, 0.2) is 23.8 Å². The zero-order valence-corrected chi connectivity index (χ0v) is 24.3. The van der Waals surface area contributed by atoms with E-state index in [1.165, 1.54) is 0 Å². The van der Waals surface area contributed by atoms with Gasteiger partial charge in [-0.15, -0.1) is 0 Å². The van der Waals surface area contributed by atoms with Crippen LogP contribution in [-0.2, 0) is 23.9 Å². The van der Waals surface area contributed by atoms with Gasteiger partial charge < -0.3 is 25.4 Å². The van der Waals surface area contributed by atoms with Gasteiger partial charge in [-0.2, -0.15) is 0 Å². The summed E-state index contributed by atoms with van der Waals surface area (Å²) in [4.78, 5) is 40.6. The van der Waals surface area contributed by atoms with E-state index in [1.807, 2.05) is 37.0 Å². The van der Waals surface area contributed by atoms with Crippen molar-refractivity contribution in [3.05, 3.63) is 23.8 Å². The van der Waals surface area contributed by atoms with Crippen molar-refractivity contribution in [3.63, 3.8) is 0 Å². The quantitative estimate of drug-likeness (QED) is 0.298. The molecular formula is C29H51N3O5. The second-order valence-electron chi connectivity index (χ2n) is 10.4. The van der Waals surface area contributed by atoms with E-state index >= 15 is 0 Å². The number of rotatable bonds is 16. The van der Waals surface area contributed by atoms with Crippen LogP contribution in [0.3, 0.4) is 0 Å². The molecule has 8 nitrogen and oxygen atoms in total. The van der Waals surface area contributed by atoms with Crippen molar-refractivity contribution >= 4 is 17.7 Å². The Bertz CT molecular complexity index is 796. The summed E-state index contributed by atoms with van der Waals surface area (Å²) in [5.74, 6) is -0.756. The Balaban J connectivity index is 2.98. The van der Waals surface area contributed by atoms with Gasteiger partial charge in [0.05, 0.1) is 30.6 Å². The van der Waals surface area contributed by atoms with E-state index < -0.39 is 24.0 Å². The molecule has 0 bridgehead atoms. The van der Waals surface area contributed by atoms with Crippen molar-refractivity contribution in [2.75, 3.05) is 20.8 Å². The number of ether oxygens (including phenoxy) is 2. The van der Waals surface area contributed by atoms with Crippen LogP contribution in [0.25, 0.3) is 0 Å². The number of allylic oxidation sites excluding steroid dienone is 3. The predicted molar refractivity (Wildman–Crippen MR) is 148 cm³/mol. The van der Waals surface area contributed by atoms with E-state index in [-0.39, 0.29) is 29.9 Å². The normalized spacial score (nSPS) is 21.4. The molecule has 1 fully saturated rings. The van der Waals surface area contributed by atoms with E-state index in [0.717, 1.165) is 31.3 Å². The molecule has 8 heteroatoms. The summed E-state index contributed by atoms with van der Waals surface area (Å²) in [6, 6.07) is -1.05. The standard InChI is InChI=1S/C29H51N3O5/c1-9-13-22(14-10-2)17-23(28(30)34)31-29(35)21(6)27(37-8)24-15-12-16-32(24)26(33)18-25(36-7)20(5)19(4)11-3/h9,13-14,19-21,23-25,27H,10-12,15-18H2,1-8H3,(H2,30,34)(H,31,35)/b13-9-,22-14+/t19?,20-,21?,23-,24?,25?,27?/m0/s1. The first-order chi connectivity index (χ1) is 17.6. The maximum absolute atomic E-state index is 13.4. The van der Waals surface area contributed by atoms with E-state index in [9.17, 15) is 14.4 Å². The highest BCUT2D eigenvalue weighted by atomic mass is 16.5. The molecule has 3 amide bonds. The summed E-state index contributed by atoms with van der Waals surface area (Å²) < 4.78 is 11.5. The van der Waals surface area contributed by atoms with Gasteiger partial charge in [-0.25, -0.2) is 0 Å². The Kier molecular flexibility index (Phi) is 14.7. The van der Waals surface area contributed by atoms with Crippen molar-refractivity contribution in [2.24, 2.45) is 23.5 Å². The lowest BCUT2D eigenvalue weighted by atomic mass is 9.87. The fourth-order valence-corrected chi connectivity index (χ4v) is 5.26. The van der Waals surface area contributed by atoms with Crippen LogP contribution < -0.4 is 11.1 Å². The van der Waals surface area contributed by atoms with Crippen molar-refractivity contribution in [2.45, 2.75) is 104 Å². The molecular weight excluding hydrogens is 470 g/mol. The molecule has 0 aromatic rings. The average molecular weight is 522 g/mol. The number of amides is 3. The van der Waals surface area contributed by atoms with E-state index in [1.54, 1.807) is 21.1 Å². The number of nitrogens with one attached hydrogen (secondary N) is 1. The van der Waals surface area contributed by atoms with Crippen molar-refractivity contribution in [1.82, 2.24) is 10.2 Å². The molecule has 0 aromatic carbocycles. The summed E-state index contributed by atoms with van der Waals surface area (Å²) in [7, 11) is 3.23. The van der Waals surface area contributed by atoms with Crippen molar-refractivity contribution in [3.8, 4) is 0 Å². The molecule has 1 heterocycles. The minimum atomic E-state index is -0.827. The van der Waals surface area contributed by atoms with E-state index in [2.05, 4.69) is 26.1 Å². The van der Waals surface area contributed by atoms with E-state index in [4.69, 9.17) is 15.2 Å². The second-order valence-corrected chi connectivity index (χ2v) is 10.4. The van der Waals surface area contributed by atoms with Gasteiger partial charge in [-0.05, 0) is 43.6 Å². The molecule has 1 aliphatic heterocycles. The van der Waals surface area contributed by atoms with Gasteiger partial charge in [0.1, 0.15) is 6.04 Å². The number of methoxy groups -OCH3 is 2. The molecule has 5 unspecified atom stereocenters. The molecule has 7 atom stereocenters. The highest BCUT2D eigenvalue weighted by Gasteiger charge is 2.41. The molecule has 1 rings (SSSR count). The van der Waals surface area contributed by atoms with Gasteiger partial charge in [-0.1, -0.05) is 59.3 Å². The van der Waals surface area contributed by atoms with Gasteiger partial charge in [0.2, 0.25) is 17.7 Å². The van der Waals surface area contributed by atoms with Gasteiger partial charge in [0.25, 0.3) is 0 Å². The Morgan fingerprint density at radius 3 is 2.30 bits per heavy atom. The molecule has 1 aliphatic rings. The van der Waals surface area contributed by atoms with Crippen LogP contribution in [-0.4, -0.2) is 67.7 Å². The third-order valence-corrected chi connectivity index (χ3v) is 7.93. The minimum Gasteiger partial charge on any atom is -0.381 e. The highest BCUT2D eigenvalue weighted by Crippen LogP contribution is 2.29. The molecule has 37 heavy (non-hydrogen) atoms. The first kappa shape index (κ1) is 32.8. The predicted octanol–water partition coefficient (Wildman–Crippen LogP) is 3.99. The maximum Gasteiger partial charge on any atom is 0.240 e. The number of likely N-dealkylation sites (tertiary alicyclic amines) is 1. The maximum atomic E-state index is 13.4. The fraction of sp³-hybridized carbons (Fsp3) is 0.759. The lowest BCUT2D eigenvalue weighted by Gasteiger charge is -2.35. The molecule has 0 spiro atoms. The first-order valence-corrected chi connectivity index (χ1v) is 13.8. The Hall–Kier alpha value is -2.19. The van der Waals surface area contributed by atoms with Crippen LogP contribution in [0, 0.1) is 17.8 Å². The van der Waals surface area contributed by atoms with Gasteiger partial charge in [-0.3, -0.25) is 14.4 Å². The number of hydrogen-bond donors (Lipinski definition) is 2. The fourth-order valence-electron chi connectivity index (χ4n) is 5.26. The number of primary amides is 1. The Morgan fingerprint density at radius 1 is 1.11 bits per heavy atom. The number of carbonyl (C=O) groups is 3. The lowest BCUT2D eigenvalue weighted by Crippen LogP contribution is -2.53. The van der Waals surface area contributed by atoms with Crippen LogP contribution in [0.1, 0.15) is 80.1 Å². The molecule has 0 saturated carbocycles. The number of nitrogens with two attached hydrogens (primary N) is 1. The molecule has 212 valence electrons. The number of nitrogens with zero attached hydrogens (tertiary/aromatic N) is 1. The van der Waals surface area contributed by atoms with Crippen LogP contribution >= 0.6 is 0 Å². The molecule has 0 aromatic heterocycles. The summed E-state index contributed by atoms with van der Waals surface area (Å²) >= 11 is 0. The number of carbonyl (C=O) groups excluding carboxylic acids is 3. The largest absolute Gasteiger partial charge is 0.381 e. The second kappa shape index (κ2) is 16.6. The van der Waals surface area contributed by atoms with Gasteiger partial charge in [0, 0.05) is 27.2 Å². The van der Waals surface area contributed by atoms with Gasteiger partial charge in [0.15, 0.2) is 0 Å².